The second kappa shape index (κ2) is 8.94. The van der Waals surface area contributed by atoms with E-state index in [1.807, 2.05) is 36.4 Å². The highest BCUT2D eigenvalue weighted by atomic mass is 32.2. The van der Waals surface area contributed by atoms with Gasteiger partial charge in [-0.3, -0.25) is 4.79 Å². The second-order valence-corrected chi connectivity index (χ2v) is 8.70. The monoisotopic (exact) mass is 380 g/mol. The fraction of sp³-hybridized carbons (Fsp3) is 0.435. The van der Waals surface area contributed by atoms with E-state index in [4.69, 9.17) is 0 Å². The summed E-state index contributed by atoms with van der Waals surface area (Å²) in [5.41, 5.74) is 1.10. The van der Waals surface area contributed by atoms with E-state index in [1.165, 1.54) is 25.9 Å². The van der Waals surface area contributed by atoms with Gasteiger partial charge in [-0.15, -0.1) is 11.8 Å². The summed E-state index contributed by atoms with van der Waals surface area (Å²) in [6, 6.07) is 21.2. The van der Waals surface area contributed by atoms with Crippen LogP contribution in [0.2, 0.25) is 0 Å². The maximum absolute atomic E-state index is 13.4. The van der Waals surface area contributed by atoms with Crippen molar-refractivity contribution in [3.63, 3.8) is 0 Å². The molecule has 0 radical (unpaired) electrons. The number of rotatable bonds is 5. The second-order valence-electron chi connectivity index (χ2n) is 7.52. The molecule has 2 fully saturated rings. The average molecular weight is 381 g/mol. The van der Waals surface area contributed by atoms with Crippen molar-refractivity contribution < 1.29 is 4.79 Å². The van der Waals surface area contributed by atoms with Gasteiger partial charge in [-0.2, -0.15) is 0 Å². The van der Waals surface area contributed by atoms with Crippen LogP contribution in [0.5, 0.6) is 0 Å². The largest absolute Gasteiger partial charge is 0.341 e. The van der Waals surface area contributed by atoms with Gasteiger partial charge in [0.2, 0.25) is 5.91 Å². The minimum absolute atomic E-state index is 0.170. The predicted molar refractivity (Wildman–Crippen MR) is 112 cm³/mol. The molecule has 27 heavy (non-hydrogen) atoms. The standard InChI is InChI=1S/C23H28N2OS/c26-23(25-17-13-20(14-18-25)24-15-7-8-16-24)22(19-9-3-1-4-10-19)27-21-11-5-2-6-12-21/h1-6,9-12,20,22H,7-8,13-18H2. The molecule has 0 aliphatic carbocycles. The topological polar surface area (TPSA) is 23.6 Å². The van der Waals surface area contributed by atoms with E-state index < -0.39 is 0 Å². The van der Waals surface area contributed by atoms with E-state index in [-0.39, 0.29) is 11.2 Å². The lowest BCUT2D eigenvalue weighted by atomic mass is 10.0. The minimum atomic E-state index is -0.170. The van der Waals surface area contributed by atoms with Crippen LogP contribution in [0.25, 0.3) is 0 Å². The van der Waals surface area contributed by atoms with Crippen molar-refractivity contribution >= 4 is 17.7 Å². The molecule has 2 aromatic rings. The molecule has 0 spiro atoms. The molecular formula is C23H28N2OS. The number of thioether (sulfide) groups is 1. The number of likely N-dealkylation sites (tertiary alicyclic amines) is 2. The van der Waals surface area contributed by atoms with Crippen molar-refractivity contribution in [3.8, 4) is 0 Å². The van der Waals surface area contributed by atoms with Crippen LogP contribution in [-0.2, 0) is 4.79 Å². The Bertz CT molecular complexity index is 723. The molecule has 4 rings (SSSR count). The van der Waals surface area contributed by atoms with E-state index >= 15 is 0 Å². The Morgan fingerprint density at radius 1 is 0.852 bits per heavy atom. The predicted octanol–water partition coefficient (Wildman–Crippen LogP) is 4.61. The van der Waals surface area contributed by atoms with Gasteiger partial charge in [0.15, 0.2) is 0 Å². The molecule has 2 heterocycles. The molecular weight excluding hydrogens is 352 g/mol. The highest BCUT2D eigenvalue weighted by Gasteiger charge is 2.32. The first-order valence-corrected chi connectivity index (χ1v) is 11.0. The number of piperidine rings is 1. The molecule has 2 aliphatic rings. The first-order chi connectivity index (χ1) is 13.3. The maximum Gasteiger partial charge on any atom is 0.240 e. The Labute approximate surface area is 166 Å². The number of nitrogens with zero attached hydrogens (tertiary/aromatic N) is 2. The number of carbonyl (C=O) groups excluding carboxylic acids is 1. The molecule has 0 N–H and O–H groups in total. The summed E-state index contributed by atoms with van der Waals surface area (Å²) in [6.07, 6.45) is 4.90. The molecule has 142 valence electrons. The third kappa shape index (κ3) is 4.56. The van der Waals surface area contributed by atoms with Crippen LogP contribution in [0.15, 0.2) is 65.6 Å². The number of carbonyl (C=O) groups is 1. The van der Waals surface area contributed by atoms with Gasteiger partial charge in [0.25, 0.3) is 0 Å². The van der Waals surface area contributed by atoms with Gasteiger partial charge in [-0.05, 0) is 56.5 Å². The van der Waals surface area contributed by atoms with Crippen molar-refractivity contribution in [3.05, 3.63) is 66.2 Å². The number of benzene rings is 2. The summed E-state index contributed by atoms with van der Waals surface area (Å²) >= 11 is 1.67. The van der Waals surface area contributed by atoms with Gasteiger partial charge < -0.3 is 9.80 Å². The fourth-order valence-electron chi connectivity index (χ4n) is 4.25. The summed E-state index contributed by atoms with van der Waals surface area (Å²) < 4.78 is 0. The Morgan fingerprint density at radius 3 is 2.07 bits per heavy atom. The third-order valence-electron chi connectivity index (χ3n) is 5.76. The van der Waals surface area contributed by atoms with Gasteiger partial charge in [0, 0.05) is 24.0 Å². The lowest BCUT2D eigenvalue weighted by Gasteiger charge is -2.38. The van der Waals surface area contributed by atoms with Crippen molar-refractivity contribution in [2.24, 2.45) is 0 Å². The van der Waals surface area contributed by atoms with Crippen molar-refractivity contribution in [1.29, 1.82) is 0 Å². The molecule has 4 heteroatoms. The zero-order valence-electron chi connectivity index (χ0n) is 15.8. The van der Waals surface area contributed by atoms with Crippen LogP contribution in [0, 0.1) is 0 Å². The van der Waals surface area contributed by atoms with Gasteiger partial charge in [0.1, 0.15) is 5.25 Å². The third-order valence-corrected chi connectivity index (χ3v) is 7.01. The molecule has 2 aliphatic heterocycles. The zero-order chi connectivity index (χ0) is 18.5. The quantitative estimate of drug-likeness (QED) is 0.708. The average Bonchev–Trinajstić information content (AvgIpc) is 3.28. The summed E-state index contributed by atoms with van der Waals surface area (Å²) in [7, 11) is 0. The van der Waals surface area contributed by atoms with Gasteiger partial charge in [0.05, 0.1) is 0 Å². The lowest BCUT2D eigenvalue weighted by molar-refractivity contribution is -0.132. The van der Waals surface area contributed by atoms with Gasteiger partial charge in [-0.1, -0.05) is 48.5 Å². The Hall–Kier alpha value is -1.78. The number of hydrogen-bond acceptors (Lipinski definition) is 3. The Kier molecular flexibility index (Phi) is 6.15. The first kappa shape index (κ1) is 18.6. The van der Waals surface area contributed by atoms with E-state index in [1.54, 1.807) is 11.8 Å². The summed E-state index contributed by atoms with van der Waals surface area (Å²) in [5.74, 6) is 0.259. The highest BCUT2D eigenvalue weighted by Crippen LogP contribution is 2.37. The molecule has 2 saturated heterocycles. The molecule has 1 unspecified atom stereocenters. The van der Waals surface area contributed by atoms with E-state index in [9.17, 15) is 4.79 Å². The van der Waals surface area contributed by atoms with Gasteiger partial charge >= 0.3 is 0 Å². The first-order valence-electron chi connectivity index (χ1n) is 10.1. The maximum atomic E-state index is 13.4. The molecule has 0 aromatic heterocycles. The summed E-state index contributed by atoms with van der Waals surface area (Å²) in [6.45, 7) is 4.27. The normalized spacial score (nSPS) is 19.9. The minimum Gasteiger partial charge on any atom is -0.341 e. The summed E-state index contributed by atoms with van der Waals surface area (Å²) in [5, 5.41) is -0.170. The van der Waals surface area contributed by atoms with Crippen molar-refractivity contribution in [2.45, 2.75) is 41.9 Å². The number of amides is 1. The number of hydrogen-bond donors (Lipinski definition) is 0. The zero-order valence-corrected chi connectivity index (χ0v) is 16.6. The van der Waals surface area contributed by atoms with Gasteiger partial charge in [-0.25, -0.2) is 0 Å². The van der Waals surface area contributed by atoms with Crippen molar-refractivity contribution in [2.75, 3.05) is 26.2 Å². The van der Waals surface area contributed by atoms with E-state index in [2.05, 4.69) is 34.1 Å². The molecule has 2 aromatic carbocycles. The van der Waals surface area contributed by atoms with Crippen LogP contribution >= 0.6 is 11.8 Å². The lowest BCUT2D eigenvalue weighted by Crippen LogP contribution is -2.46. The molecule has 1 amide bonds. The smallest absolute Gasteiger partial charge is 0.240 e. The molecule has 1 atom stereocenters. The van der Waals surface area contributed by atoms with Crippen LogP contribution < -0.4 is 0 Å². The van der Waals surface area contributed by atoms with Crippen molar-refractivity contribution in [1.82, 2.24) is 9.80 Å². The Morgan fingerprint density at radius 2 is 1.44 bits per heavy atom. The van der Waals surface area contributed by atoms with Crippen LogP contribution in [0.3, 0.4) is 0 Å². The molecule has 3 nitrogen and oxygen atoms in total. The van der Waals surface area contributed by atoms with Crippen LogP contribution in [-0.4, -0.2) is 47.9 Å². The summed E-state index contributed by atoms with van der Waals surface area (Å²) in [4.78, 5) is 19.3. The fourth-order valence-corrected chi connectivity index (χ4v) is 5.38. The molecule has 0 saturated carbocycles. The Balaban J connectivity index is 1.46. The van der Waals surface area contributed by atoms with Crippen LogP contribution in [0.4, 0.5) is 0 Å². The van der Waals surface area contributed by atoms with E-state index in [0.717, 1.165) is 36.4 Å². The highest BCUT2D eigenvalue weighted by molar-refractivity contribution is 8.00. The SMILES string of the molecule is O=C(C(Sc1ccccc1)c1ccccc1)N1CCC(N2CCCC2)CC1. The van der Waals surface area contributed by atoms with E-state index in [0.29, 0.717) is 6.04 Å². The van der Waals surface area contributed by atoms with Crippen LogP contribution in [0.1, 0.15) is 36.5 Å². The molecule has 0 bridgehead atoms.